The van der Waals surface area contributed by atoms with Gasteiger partial charge in [-0.2, -0.15) is 0 Å². The molecular formula is C52H91N13O10. The first-order chi connectivity index (χ1) is 35.7. The van der Waals surface area contributed by atoms with Gasteiger partial charge in [0.25, 0.3) is 0 Å². The second kappa shape index (κ2) is 35.5. The fourth-order valence-electron chi connectivity index (χ4n) is 8.49. The summed E-state index contributed by atoms with van der Waals surface area (Å²) in [5.74, 6) is -6.55. The number of nitrogens with one attached hydrogen (secondary N) is 9. The smallest absolute Gasteiger partial charge is 0.243 e. The molecular weight excluding hydrogens is 967 g/mol. The van der Waals surface area contributed by atoms with Crippen molar-refractivity contribution in [3.05, 3.63) is 35.9 Å². The van der Waals surface area contributed by atoms with Crippen molar-refractivity contribution in [1.82, 2.24) is 47.9 Å². The van der Waals surface area contributed by atoms with Crippen LogP contribution in [0.3, 0.4) is 0 Å². The molecule has 1 aromatic rings. The number of hydrogen-bond donors (Lipinski definition) is 14. The highest BCUT2D eigenvalue weighted by molar-refractivity contribution is 5.98. The monoisotopic (exact) mass is 1060 g/mol. The summed E-state index contributed by atoms with van der Waals surface area (Å²) in [5, 5.41) is 34.8. The molecule has 0 aliphatic carbocycles. The van der Waals surface area contributed by atoms with E-state index >= 15 is 0 Å². The van der Waals surface area contributed by atoms with Crippen molar-refractivity contribution in [3.8, 4) is 0 Å². The molecule has 5 unspecified atom stereocenters. The standard InChI is InChI=1S/C52H91N13O10/c1-7-33(6)13-11-12-16-35(66)30-44(67)58-36(17-22-53)46(69)62-40-21-26-57-45(68)41(27-31(2)3)63-48(71)38(19-24-55)59-47(70)37(18-23-54)61-52(75)43(29-34-14-9-8-10-15-34)65-51(74)42(28-32(4)5)64-49(72)39(20-25-56)60-50(40)73/h8-10,14-15,31-33,35-43,66H,7,11-13,16-30,53-56H2,1-6H3,(H,57,68)(H,58,67)(H,59,70)(H,60,73)(H,61,75)(H,62,69)(H,63,71)(H,64,72)(H,65,74)/t33?,35?,36-,37+,38+,39?,40?,41?,42-,43+/m1/s1. The highest BCUT2D eigenvalue weighted by Crippen LogP contribution is 2.15. The van der Waals surface area contributed by atoms with Crippen LogP contribution in [0.2, 0.25) is 0 Å². The molecule has 0 radical (unpaired) electrons. The van der Waals surface area contributed by atoms with E-state index in [0.717, 1.165) is 25.7 Å². The number of carbonyl (C=O) groups is 9. The maximum absolute atomic E-state index is 14.4. The molecule has 0 saturated carbocycles. The Kier molecular flexibility index (Phi) is 30.9. The molecule has 0 bridgehead atoms. The Morgan fingerprint density at radius 2 is 1.05 bits per heavy atom. The van der Waals surface area contributed by atoms with Gasteiger partial charge >= 0.3 is 0 Å². The lowest BCUT2D eigenvalue weighted by Gasteiger charge is -2.28. The molecule has 9 amide bonds. The topological polar surface area (TPSA) is 386 Å². The zero-order chi connectivity index (χ0) is 56.0. The van der Waals surface area contributed by atoms with Crippen LogP contribution in [0, 0.1) is 17.8 Å². The molecule has 1 aliphatic heterocycles. The van der Waals surface area contributed by atoms with E-state index < -0.39 is 108 Å². The quantitative estimate of drug-likeness (QED) is 0.0495. The van der Waals surface area contributed by atoms with Crippen LogP contribution in [0.5, 0.6) is 0 Å². The lowest BCUT2D eigenvalue weighted by atomic mass is 9.99. The second-order valence-electron chi connectivity index (χ2n) is 20.5. The molecule has 10 atom stereocenters. The van der Waals surface area contributed by atoms with E-state index in [1.807, 2.05) is 27.7 Å². The van der Waals surface area contributed by atoms with E-state index in [1.54, 1.807) is 30.3 Å². The van der Waals surface area contributed by atoms with Gasteiger partial charge in [-0.05, 0) is 101 Å². The van der Waals surface area contributed by atoms with Crippen molar-refractivity contribution in [2.45, 2.75) is 186 Å². The normalized spacial score (nSPS) is 23.3. The van der Waals surface area contributed by atoms with Crippen molar-refractivity contribution in [2.24, 2.45) is 40.7 Å². The average molecular weight is 1060 g/mol. The maximum Gasteiger partial charge on any atom is 0.243 e. The van der Waals surface area contributed by atoms with Crippen molar-refractivity contribution < 1.29 is 48.3 Å². The Bertz CT molecular complexity index is 1960. The fraction of sp³-hybridized carbons (Fsp3) is 0.712. The number of benzene rings is 1. The molecule has 75 heavy (non-hydrogen) atoms. The zero-order valence-corrected chi connectivity index (χ0v) is 45.2. The van der Waals surface area contributed by atoms with Crippen molar-refractivity contribution in [1.29, 1.82) is 0 Å². The van der Waals surface area contributed by atoms with Crippen LogP contribution in [0.4, 0.5) is 0 Å². The Balaban J connectivity index is 2.66. The third-order valence-corrected chi connectivity index (χ3v) is 12.9. The predicted octanol–water partition coefficient (Wildman–Crippen LogP) is -1.53. The van der Waals surface area contributed by atoms with Gasteiger partial charge in [0.15, 0.2) is 0 Å². The molecule has 23 nitrogen and oxygen atoms in total. The van der Waals surface area contributed by atoms with Gasteiger partial charge in [0.1, 0.15) is 48.3 Å². The van der Waals surface area contributed by atoms with Crippen LogP contribution in [-0.2, 0) is 49.6 Å². The number of aliphatic hydroxyl groups excluding tert-OH is 1. The Hall–Kier alpha value is -5.75. The summed E-state index contributed by atoms with van der Waals surface area (Å²) < 4.78 is 0. The Labute approximate surface area is 443 Å². The number of rotatable bonds is 25. The van der Waals surface area contributed by atoms with Crippen LogP contribution >= 0.6 is 0 Å². The second-order valence-corrected chi connectivity index (χ2v) is 20.5. The SMILES string of the molecule is CCC(C)CCCCC(O)CC(=O)N[C@H](CCN)C(=O)NC1CCNC(=O)C(CC(C)C)NC(=O)[C@H](CCN)NC(=O)[C@H](CCN)NC(=O)[C@H](Cc2ccccc2)NC(=O)[C@@H](CC(C)C)NC(=O)C(CCN)NC1=O. The minimum Gasteiger partial charge on any atom is -0.393 e. The van der Waals surface area contributed by atoms with Crippen LogP contribution in [0.15, 0.2) is 30.3 Å². The van der Waals surface area contributed by atoms with Gasteiger partial charge < -0.3 is 75.9 Å². The highest BCUT2D eigenvalue weighted by Gasteiger charge is 2.35. The van der Waals surface area contributed by atoms with Crippen LogP contribution in [-0.4, -0.2) is 145 Å². The molecule has 1 saturated heterocycles. The van der Waals surface area contributed by atoms with Gasteiger partial charge in [-0.1, -0.05) is 97.6 Å². The van der Waals surface area contributed by atoms with Crippen LogP contribution < -0.4 is 70.8 Å². The molecule has 23 heteroatoms. The van der Waals surface area contributed by atoms with Gasteiger partial charge in [-0.25, -0.2) is 0 Å². The third kappa shape index (κ3) is 25.1. The fourth-order valence-corrected chi connectivity index (χ4v) is 8.49. The first-order valence-corrected chi connectivity index (χ1v) is 26.9. The average Bonchev–Trinajstić information content (AvgIpc) is 3.35. The molecule has 2 rings (SSSR count). The molecule has 1 aromatic carbocycles. The molecule has 1 aliphatic rings. The third-order valence-electron chi connectivity index (χ3n) is 12.9. The summed E-state index contributed by atoms with van der Waals surface area (Å²) in [5.41, 5.74) is 24.3. The number of nitrogens with two attached hydrogens (primary N) is 4. The van der Waals surface area contributed by atoms with Gasteiger partial charge in [0, 0.05) is 13.0 Å². The number of carbonyl (C=O) groups excluding carboxylic acids is 9. The number of unbranched alkanes of at least 4 members (excludes halogenated alkanes) is 1. The number of hydrogen-bond acceptors (Lipinski definition) is 14. The van der Waals surface area contributed by atoms with Crippen LogP contribution in [0.1, 0.15) is 131 Å². The molecule has 0 spiro atoms. The number of aliphatic hydroxyl groups is 1. The molecule has 1 fully saturated rings. The summed E-state index contributed by atoms with van der Waals surface area (Å²) in [6.07, 6.45) is 2.45. The lowest BCUT2D eigenvalue weighted by Crippen LogP contribution is -2.61. The largest absolute Gasteiger partial charge is 0.393 e. The highest BCUT2D eigenvalue weighted by atomic mass is 16.3. The van der Waals surface area contributed by atoms with E-state index in [1.165, 1.54) is 0 Å². The molecule has 424 valence electrons. The summed E-state index contributed by atoms with van der Waals surface area (Å²) in [4.78, 5) is 126. The van der Waals surface area contributed by atoms with Gasteiger partial charge in [0.05, 0.1) is 12.5 Å². The van der Waals surface area contributed by atoms with Crippen molar-refractivity contribution in [3.63, 3.8) is 0 Å². The summed E-state index contributed by atoms with van der Waals surface area (Å²) in [6.45, 7) is 11.1. The lowest BCUT2D eigenvalue weighted by molar-refractivity contribution is -0.136. The first kappa shape index (κ1) is 65.4. The maximum atomic E-state index is 14.4. The van der Waals surface area contributed by atoms with E-state index in [-0.39, 0.29) is 102 Å². The van der Waals surface area contributed by atoms with Gasteiger partial charge in [0.2, 0.25) is 53.2 Å². The summed E-state index contributed by atoms with van der Waals surface area (Å²) in [6, 6.07) is -1.55. The van der Waals surface area contributed by atoms with Gasteiger partial charge in [-0.3, -0.25) is 43.2 Å². The summed E-state index contributed by atoms with van der Waals surface area (Å²) >= 11 is 0. The van der Waals surface area contributed by atoms with E-state index in [4.69, 9.17) is 22.9 Å². The van der Waals surface area contributed by atoms with Crippen molar-refractivity contribution >= 4 is 53.2 Å². The predicted molar refractivity (Wildman–Crippen MR) is 285 cm³/mol. The Morgan fingerprint density at radius 1 is 0.600 bits per heavy atom. The van der Waals surface area contributed by atoms with Crippen molar-refractivity contribution in [2.75, 3.05) is 32.7 Å². The zero-order valence-electron chi connectivity index (χ0n) is 45.2. The van der Waals surface area contributed by atoms with E-state index in [0.29, 0.717) is 17.9 Å². The molecule has 0 aromatic heterocycles. The Morgan fingerprint density at radius 3 is 1.55 bits per heavy atom. The first-order valence-electron chi connectivity index (χ1n) is 26.9. The molecule has 1 heterocycles. The van der Waals surface area contributed by atoms with Gasteiger partial charge in [-0.15, -0.1) is 0 Å². The summed E-state index contributed by atoms with van der Waals surface area (Å²) in [7, 11) is 0. The van der Waals surface area contributed by atoms with Crippen LogP contribution in [0.25, 0.3) is 0 Å². The molecule has 18 N–H and O–H groups in total. The van der Waals surface area contributed by atoms with E-state index in [9.17, 15) is 48.3 Å². The number of amides is 9. The van der Waals surface area contributed by atoms with E-state index in [2.05, 4.69) is 61.7 Å². The minimum atomic E-state index is -1.46. The minimum absolute atomic E-state index is 0.0371.